The fourth-order valence-electron chi connectivity index (χ4n) is 7.70. The second-order valence-electron chi connectivity index (χ2n) is 9.01. The van der Waals surface area contributed by atoms with Crippen molar-refractivity contribution in [2.75, 3.05) is 0 Å². The Morgan fingerprint density at radius 2 is 2.13 bits per heavy atom. The lowest BCUT2D eigenvalue weighted by atomic mass is 9.60. The highest BCUT2D eigenvalue weighted by atomic mass is 16.6. The van der Waals surface area contributed by atoms with Crippen LogP contribution in [0.4, 0.5) is 0 Å². The highest BCUT2D eigenvalue weighted by Crippen LogP contribution is 2.77. The fraction of sp³-hybridized carbons (Fsp3) is 0.789. The number of carboxylic acids is 1. The van der Waals surface area contributed by atoms with E-state index in [1.165, 1.54) is 5.57 Å². The lowest BCUT2D eigenvalue weighted by Gasteiger charge is -2.43. The van der Waals surface area contributed by atoms with Gasteiger partial charge in [0.25, 0.3) is 0 Å². The average molecular weight is 316 g/mol. The van der Waals surface area contributed by atoms with E-state index in [1.54, 1.807) is 0 Å². The van der Waals surface area contributed by atoms with E-state index in [9.17, 15) is 14.7 Å². The molecule has 4 bridgehead atoms. The monoisotopic (exact) mass is 316 g/mol. The molecule has 5 rings (SSSR count). The quantitative estimate of drug-likeness (QED) is 0.596. The zero-order valence-corrected chi connectivity index (χ0v) is 13.6. The summed E-state index contributed by atoms with van der Waals surface area (Å²) in [5.74, 6) is -0.771. The van der Waals surface area contributed by atoms with Crippen LogP contribution in [0.5, 0.6) is 0 Å². The number of rotatable bonds is 1. The zero-order chi connectivity index (χ0) is 16.2. The van der Waals surface area contributed by atoms with Gasteiger partial charge in [-0.3, -0.25) is 9.59 Å². The van der Waals surface area contributed by atoms with Crippen molar-refractivity contribution in [2.45, 2.75) is 57.5 Å². The summed E-state index contributed by atoms with van der Waals surface area (Å²) in [5, 5.41) is 10.2. The molecule has 0 aromatic heterocycles. The lowest BCUT2D eigenvalue weighted by Crippen LogP contribution is -2.47. The molecule has 4 aliphatic carbocycles. The van der Waals surface area contributed by atoms with Crippen molar-refractivity contribution in [3.05, 3.63) is 12.2 Å². The highest BCUT2D eigenvalue weighted by molar-refractivity contribution is 5.84. The van der Waals surface area contributed by atoms with E-state index in [0.29, 0.717) is 5.92 Å². The summed E-state index contributed by atoms with van der Waals surface area (Å²) in [6, 6.07) is 0. The van der Waals surface area contributed by atoms with E-state index < -0.39 is 22.9 Å². The van der Waals surface area contributed by atoms with Gasteiger partial charge in [0.2, 0.25) is 0 Å². The summed E-state index contributed by atoms with van der Waals surface area (Å²) >= 11 is 0. The smallest absolute Gasteiger partial charge is 0.312 e. The van der Waals surface area contributed by atoms with Crippen LogP contribution in [0.15, 0.2) is 12.2 Å². The van der Waals surface area contributed by atoms with Gasteiger partial charge in [-0.05, 0) is 63.2 Å². The number of hydrogen-bond acceptors (Lipinski definition) is 3. The molecule has 0 radical (unpaired) electrons. The van der Waals surface area contributed by atoms with E-state index in [0.717, 1.165) is 44.9 Å². The molecule has 4 unspecified atom stereocenters. The topological polar surface area (TPSA) is 63.6 Å². The molecular formula is C19H24O4. The molecule has 7 atom stereocenters. The SMILES string of the molecule is C=C1C[C@]23CC1CCC2[C@@]12CCCC(C)(C(=O)O1)[C@H]2C3C(=O)O. The number of esters is 1. The molecular weight excluding hydrogens is 292 g/mol. The minimum atomic E-state index is -0.719. The maximum absolute atomic E-state index is 12.7. The normalized spacial score (nSPS) is 56.2. The second-order valence-corrected chi connectivity index (χ2v) is 9.01. The molecule has 5 fully saturated rings. The van der Waals surface area contributed by atoms with Gasteiger partial charge in [-0.15, -0.1) is 0 Å². The first-order valence-corrected chi connectivity index (χ1v) is 8.99. The Kier molecular flexibility index (Phi) is 2.35. The summed E-state index contributed by atoms with van der Waals surface area (Å²) in [6.45, 7) is 6.22. The zero-order valence-electron chi connectivity index (χ0n) is 13.6. The van der Waals surface area contributed by atoms with Crippen LogP contribution in [-0.2, 0) is 14.3 Å². The number of carboxylic acid groups (broad SMARTS) is 1. The van der Waals surface area contributed by atoms with E-state index >= 15 is 0 Å². The Balaban J connectivity index is 1.75. The summed E-state index contributed by atoms with van der Waals surface area (Å²) in [4.78, 5) is 25.0. The van der Waals surface area contributed by atoms with E-state index in [-0.39, 0.29) is 23.2 Å². The van der Waals surface area contributed by atoms with Crippen LogP contribution in [0.3, 0.4) is 0 Å². The van der Waals surface area contributed by atoms with Crippen molar-refractivity contribution in [1.29, 1.82) is 0 Å². The van der Waals surface area contributed by atoms with Crippen molar-refractivity contribution < 1.29 is 19.4 Å². The van der Waals surface area contributed by atoms with Crippen LogP contribution in [0.1, 0.15) is 51.9 Å². The van der Waals surface area contributed by atoms with Crippen LogP contribution < -0.4 is 0 Å². The van der Waals surface area contributed by atoms with E-state index in [1.807, 2.05) is 6.92 Å². The maximum Gasteiger partial charge on any atom is 0.312 e. The molecule has 0 amide bonds. The van der Waals surface area contributed by atoms with Crippen molar-refractivity contribution in [3.63, 3.8) is 0 Å². The summed E-state index contributed by atoms with van der Waals surface area (Å²) in [6.07, 6.45) is 6.45. The average Bonchev–Trinajstić information content (AvgIpc) is 2.92. The van der Waals surface area contributed by atoms with Crippen molar-refractivity contribution in [3.8, 4) is 0 Å². The van der Waals surface area contributed by atoms with Gasteiger partial charge < -0.3 is 9.84 Å². The van der Waals surface area contributed by atoms with Crippen LogP contribution in [0.2, 0.25) is 0 Å². The van der Waals surface area contributed by atoms with Gasteiger partial charge in [-0.25, -0.2) is 0 Å². The first-order chi connectivity index (χ1) is 10.9. The molecule has 4 saturated carbocycles. The number of carbonyl (C=O) groups excluding carboxylic acids is 1. The Bertz CT molecular complexity index is 654. The van der Waals surface area contributed by atoms with Crippen LogP contribution in [0.25, 0.3) is 0 Å². The van der Waals surface area contributed by atoms with Crippen LogP contribution in [-0.4, -0.2) is 22.6 Å². The molecule has 124 valence electrons. The van der Waals surface area contributed by atoms with Crippen molar-refractivity contribution in [2.24, 2.45) is 34.5 Å². The Hall–Kier alpha value is -1.32. The second kappa shape index (κ2) is 3.84. The molecule has 5 aliphatic rings. The Morgan fingerprint density at radius 3 is 2.87 bits per heavy atom. The third kappa shape index (κ3) is 1.29. The van der Waals surface area contributed by atoms with Gasteiger partial charge in [-0.2, -0.15) is 0 Å². The number of allylic oxidation sites excluding steroid dienone is 1. The van der Waals surface area contributed by atoms with Crippen molar-refractivity contribution in [1.82, 2.24) is 0 Å². The largest absolute Gasteiger partial charge is 0.481 e. The molecule has 1 N–H and O–H groups in total. The minimum Gasteiger partial charge on any atom is -0.481 e. The van der Waals surface area contributed by atoms with Gasteiger partial charge in [0.05, 0.1) is 11.3 Å². The first-order valence-electron chi connectivity index (χ1n) is 8.99. The standard InChI is InChI=1S/C19H24O4/c1-10-8-18-9-11(10)4-5-12(18)19-7-3-6-17(2,16(22)23-19)14(19)13(18)15(20)21/h11-14H,1,3-9H2,2H3,(H,20,21)/t11?,12?,13?,14-,17?,18+,19-/m1/s1. The number of ether oxygens (including phenoxy) is 1. The van der Waals surface area contributed by atoms with Crippen molar-refractivity contribution >= 4 is 11.9 Å². The molecule has 1 spiro atoms. The molecule has 23 heavy (non-hydrogen) atoms. The fourth-order valence-corrected chi connectivity index (χ4v) is 7.70. The molecule has 1 heterocycles. The van der Waals surface area contributed by atoms with Gasteiger partial charge in [0.15, 0.2) is 0 Å². The van der Waals surface area contributed by atoms with Crippen LogP contribution >= 0.6 is 0 Å². The number of hydrogen-bond donors (Lipinski definition) is 1. The maximum atomic E-state index is 12.7. The van der Waals surface area contributed by atoms with E-state index in [4.69, 9.17) is 4.74 Å². The van der Waals surface area contributed by atoms with E-state index in [2.05, 4.69) is 6.58 Å². The molecule has 1 saturated heterocycles. The number of carbonyl (C=O) groups is 2. The van der Waals surface area contributed by atoms with Crippen LogP contribution in [0, 0.1) is 34.5 Å². The summed E-state index contributed by atoms with van der Waals surface area (Å²) < 4.78 is 6.10. The lowest BCUT2D eigenvalue weighted by molar-refractivity contribution is -0.160. The van der Waals surface area contributed by atoms with Gasteiger partial charge >= 0.3 is 11.9 Å². The Morgan fingerprint density at radius 1 is 1.35 bits per heavy atom. The van der Waals surface area contributed by atoms with Gasteiger partial charge in [0, 0.05) is 11.8 Å². The predicted molar refractivity (Wildman–Crippen MR) is 82.4 cm³/mol. The minimum absolute atomic E-state index is 0.139. The molecule has 0 aromatic carbocycles. The third-order valence-corrected chi connectivity index (χ3v) is 8.29. The van der Waals surface area contributed by atoms with Gasteiger partial charge in [0.1, 0.15) is 5.60 Å². The summed E-state index contributed by atoms with van der Waals surface area (Å²) in [5.41, 5.74) is -0.0978. The molecule has 4 nitrogen and oxygen atoms in total. The first kappa shape index (κ1) is 14.1. The molecule has 0 aromatic rings. The third-order valence-electron chi connectivity index (χ3n) is 8.29. The predicted octanol–water partition coefficient (Wildman–Crippen LogP) is 3.17. The molecule has 4 heteroatoms. The number of fused-ring (bicyclic) bond motifs is 1. The number of aliphatic carboxylic acids is 1. The highest BCUT2D eigenvalue weighted by Gasteiger charge is 2.81. The summed E-state index contributed by atoms with van der Waals surface area (Å²) in [7, 11) is 0. The molecule has 1 aliphatic heterocycles. The van der Waals surface area contributed by atoms with Gasteiger partial charge in [-0.1, -0.05) is 12.2 Å². The Labute approximate surface area is 136 Å².